The number of unbranched alkanes of at least 4 members (excludes halogenated alkanes) is 1. The predicted octanol–water partition coefficient (Wildman–Crippen LogP) is 6.11. The molecule has 1 spiro atoms. The third-order valence-electron chi connectivity index (χ3n) is 8.58. The molecule has 2 heterocycles. The molecular formula is C32H39N5O6S. The van der Waals surface area contributed by atoms with Crippen LogP contribution in [0.5, 0.6) is 0 Å². The van der Waals surface area contributed by atoms with E-state index in [1.165, 1.54) is 13.1 Å². The lowest BCUT2D eigenvalue weighted by atomic mass is 9.96. The summed E-state index contributed by atoms with van der Waals surface area (Å²) in [4.78, 5) is 33.5. The zero-order chi connectivity index (χ0) is 31.6. The second kappa shape index (κ2) is 12.4. The van der Waals surface area contributed by atoms with E-state index in [1.54, 1.807) is 43.0 Å². The average Bonchev–Trinajstić information content (AvgIpc) is 3.67. The molecule has 0 atom stereocenters. The van der Waals surface area contributed by atoms with Gasteiger partial charge in [-0.05, 0) is 55.9 Å². The maximum atomic E-state index is 13.7. The smallest absolute Gasteiger partial charge is 0.407 e. The predicted molar refractivity (Wildman–Crippen MR) is 167 cm³/mol. The second-order valence-electron chi connectivity index (χ2n) is 11.7. The monoisotopic (exact) mass is 621 g/mol. The van der Waals surface area contributed by atoms with E-state index in [-0.39, 0.29) is 23.2 Å². The minimum absolute atomic E-state index is 0.00677. The highest BCUT2D eigenvalue weighted by Gasteiger charge is 2.49. The van der Waals surface area contributed by atoms with Crippen molar-refractivity contribution >= 4 is 33.7 Å². The molecule has 2 aromatic carbocycles. The van der Waals surface area contributed by atoms with Gasteiger partial charge in [0.15, 0.2) is 0 Å². The summed E-state index contributed by atoms with van der Waals surface area (Å²) in [7, 11) is -2.65. The standard InChI is InChI=1S/C32H39N5O6S/c1-5-6-13-28-33-32(16-9-10-17-32)30(38)37(28)19-23-14-15-25(24(18-23)20-36(4)31(39)40)26-11-7-8-12-27(26)44(41,42)35-29-21(2)22(3)34-43-29/h7-8,11-12,14-15,18,35H,5-6,9-10,13,16-17,19-20H2,1-4H3,(H,39,40). The number of aromatic nitrogens is 1. The number of aryl methyl sites for hydroxylation is 1. The molecule has 1 aliphatic carbocycles. The van der Waals surface area contributed by atoms with Crippen LogP contribution in [0.2, 0.25) is 0 Å². The summed E-state index contributed by atoms with van der Waals surface area (Å²) in [6.45, 7) is 5.86. The van der Waals surface area contributed by atoms with E-state index in [1.807, 2.05) is 12.1 Å². The van der Waals surface area contributed by atoms with Gasteiger partial charge in [0.1, 0.15) is 11.4 Å². The summed E-state index contributed by atoms with van der Waals surface area (Å²) in [6.07, 6.45) is 5.01. The minimum atomic E-state index is -4.11. The molecule has 0 bridgehead atoms. The number of nitrogens with zero attached hydrogens (tertiary/aromatic N) is 4. The third-order valence-corrected chi connectivity index (χ3v) is 9.97. The van der Waals surface area contributed by atoms with Gasteiger partial charge in [-0.3, -0.25) is 14.7 Å². The highest BCUT2D eigenvalue weighted by atomic mass is 32.2. The van der Waals surface area contributed by atoms with Crippen molar-refractivity contribution < 1.29 is 27.6 Å². The molecule has 1 fully saturated rings. The van der Waals surface area contributed by atoms with Crippen LogP contribution < -0.4 is 4.72 Å². The second-order valence-corrected chi connectivity index (χ2v) is 13.4. The van der Waals surface area contributed by atoms with Crippen molar-refractivity contribution in [2.75, 3.05) is 11.8 Å². The molecule has 2 amide bonds. The normalized spacial score (nSPS) is 16.0. The fourth-order valence-electron chi connectivity index (χ4n) is 5.95. The maximum Gasteiger partial charge on any atom is 0.407 e. The summed E-state index contributed by atoms with van der Waals surface area (Å²) >= 11 is 0. The summed E-state index contributed by atoms with van der Waals surface area (Å²) in [6, 6.07) is 12.1. The SMILES string of the molecule is CCCCC1=NC2(CCCC2)C(=O)N1Cc1ccc(-c2ccccc2S(=O)(=O)Nc2onc(C)c2C)c(CN(C)C(=O)O)c1. The number of carbonyl (C=O) groups excluding carboxylic acids is 1. The number of amides is 2. The lowest BCUT2D eigenvalue weighted by molar-refractivity contribution is -0.131. The van der Waals surface area contributed by atoms with Gasteiger partial charge in [-0.1, -0.05) is 67.7 Å². The van der Waals surface area contributed by atoms with Crippen molar-refractivity contribution in [3.8, 4) is 11.1 Å². The number of nitrogens with one attached hydrogen (secondary N) is 1. The van der Waals surface area contributed by atoms with Gasteiger partial charge in [-0.25, -0.2) is 17.9 Å². The first-order chi connectivity index (χ1) is 21.0. The number of rotatable bonds is 11. The van der Waals surface area contributed by atoms with Crippen LogP contribution in [0, 0.1) is 13.8 Å². The van der Waals surface area contributed by atoms with Crippen molar-refractivity contribution in [2.24, 2.45) is 4.99 Å². The molecule has 2 N–H and O–H groups in total. The van der Waals surface area contributed by atoms with Crippen LogP contribution in [0.1, 0.15) is 74.3 Å². The zero-order valence-electron chi connectivity index (χ0n) is 25.6. The van der Waals surface area contributed by atoms with Crippen LogP contribution in [0.15, 0.2) is 56.9 Å². The Morgan fingerprint density at radius 1 is 1.14 bits per heavy atom. The molecule has 1 aliphatic heterocycles. The van der Waals surface area contributed by atoms with E-state index in [2.05, 4.69) is 16.8 Å². The zero-order valence-corrected chi connectivity index (χ0v) is 26.4. The lowest BCUT2D eigenvalue weighted by Gasteiger charge is -2.24. The lowest BCUT2D eigenvalue weighted by Crippen LogP contribution is -2.40. The number of carboxylic acid groups (broad SMARTS) is 1. The highest BCUT2D eigenvalue weighted by molar-refractivity contribution is 7.92. The molecule has 5 rings (SSSR count). The summed E-state index contributed by atoms with van der Waals surface area (Å²) in [5.74, 6) is 0.886. The van der Waals surface area contributed by atoms with Crippen LogP contribution in [0.25, 0.3) is 11.1 Å². The van der Waals surface area contributed by atoms with Crippen molar-refractivity contribution in [1.29, 1.82) is 0 Å². The van der Waals surface area contributed by atoms with Crippen molar-refractivity contribution in [3.63, 3.8) is 0 Å². The average molecular weight is 622 g/mol. The molecule has 11 nitrogen and oxygen atoms in total. The fourth-order valence-corrected chi connectivity index (χ4v) is 7.22. The Kier molecular flexibility index (Phi) is 8.83. The Balaban J connectivity index is 1.53. The van der Waals surface area contributed by atoms with E-state index in [9.17, 15) is 23.1 Å². The van der Waals surface area contributed by atoms with Gasteiger partial charge in [0.05, 0.1) is 17.1 Å². The highest BCUT2D eigenvalue weighted by Crippen LogP contribution is 2.40. The molecule has 2 aliphatic rings. The fraction of sp³-hybridized carbons (Fsp3) is 0.438. The molecule has 1 aromatic heterocycles. The minimum Gasteiger partial charge on any atom is -0.465 e. The topological polar surface area (TPSA) is 145 Å². The number of benzene rings is 2. The number of amidine groups is 1. The van der Waals surface area contributed by atoms with E-state index >= 15 is 0 Å². The molecule has 44 heavy (non-hydrogen) atoms. The Morgan fingerprint density at radius 2 is 1.86 bits per heavy atom. The molecule has 0 unspecified atom stereocenters. The molecule has 1 saturated carbocycles. The number of anilines is 1. The quantitative estimate of drug-likeness (QED) is 0.263. The van der Waals surface area contributed by atoms with Crippen LogP contribution in [-0.4, -0.2) is 58.9 Å². The number of aliphatic imine (C=N–C) groups is 1. The van der Waals surface area contributed by atoms with Crippen molar-refractivity contribution in [3.05, 3.63) is 64.8 Å². The molecule has 12 heteroatoms. The van der Waals surface area contributed by atoms with Crippen molar-refractivity contribution in [1.82, 2.24) is 15.0 Å². The maximum absolute atomic E-state index is 13.7. The Labute approximate surface area is 258 Å². The van der Waals surface area contributed by atoms with Gasteiger partial charge < -0.3 is 14.5 Å². The molecule has 0 radical (unpaired) electrons. The largest absolute Gasteiger partial charge is 0.465 e. The van der Waals surface area contributed by atoms with Crippen LogP contribution in [-0.2, 0) is 27.9 Å². The summed E-state index contributed by atoms with van der Waals surface area (Å²) in [5.41, 5.74) is 2.88. The van der Waals surface area contributed by atoms with Gasteiger partial charge >= 0.3 is 6.09 Å². The van der Waals surface area contributed by atoms with E-state index in [0.29, 0.717) is 34.5 Å². The number of carbonyl (C=O) groups is 2. The first kappa shape index (κ1) is 31.2. The van der Waals surface area contributed by atoms with E-state index < -0.39 is 21.7 Å². The number of hydrogen-bond acceptors (Lipinski definition) is 7. The first-order valence-electron chi connectivity index (χ1n) is 15.0. The van der Waals surface area contributed by atoms with Gasteiger partial charge in [0.2, 0.25) is 5.88 Å². The summed E-state index contributed by atoms with van der Waals surface area (Å²) < 4.78 is 34.9. The van der Waals surface area contributed by atoms with Gasteiger partial charge in [0, 0.05) is 31.1 Å². The number of sulfonamides is 1. The van der Waals surface area contributed by atoms with Crippen LogP contribution in [0.3, 0.4) is 0 Å². The van der Waals surface area contributed by atoms with Gasteiger partial charge in [0.25, 0.3) is 15.9 Å². The molecule has 0 saturated heterocycles. The van der Waals surface area contributed by atoms with E-state index in [0.717, 1.165) is 61.2 Å². The molecule has 3 aromatic rings. The van der Waals surface area contributed by atoms with Crippen LogP contribution in [0.4, 0.5) is 10.7 Å². The molecular weight excluding hydrogens is 582 g/mol. The Hall–Kier alpha value is -4.19. The van der Waals surface area contributed by atoms with Gasteiger partial charge in [-0.15, -0.1) is 0 Å². The van der Waals surface area contributed by atoms with Gasteiger partial charge in [-0.2, -0.15) is 0 Å². The van der Waals surface area contributed by atoms with Crippen LogP contribution >= 0.6 is 0 Å². The first-order valence-corrected chi connectivity index (χ1v) is 16.5. The van der Waals surface area contributed by atoms with E-state index in [4.69, 9.17) is 9.52 Å². The number of hydrogen-bond donors (Lipinski definition) is 2. The third kappa shape index (κ3) is 6.08. The summed E-state index contributed by atoms with van der Waals surface area (Å²) in [5, 5.41) is 13.5. The van der Waals surface area contributed by atoms with Crippen molar-refractivity contribution in [2.45, 2.75) is 89.2 Å². The molecule has 234 valence electrons. The Bertz CT molecular complexity index is 1710. The Morgan fingerprint density at radius 3 is 2.52 bits per heavy atom.